The number of fused-ring (bicyclic) bond motifs is 4. The molecule has 5 heteroatoms. The maximum Gasteiger partial charge on any atom is 0.261 e. The molecule has 0 aromatic heterocycles. The molecule has 1 heterocycles. The molecule has 6 rings (SSSR count). The number of benzene rings is 4. The number of allylic oxidation sites excluding steroid dienone is 2. The van der Waals surface area contributed by atoms with Crippen LogP contribution < -0.4 is 10.0 Å². The van der Waals surface area contributed by atoms with E-state index in [0.29, 0.717) is 11.6 Å². The third-order valence-electron chi connectivity index (χ3n) is 6.84. The van der Waals surface area contributed by atoms with E-state index in [4.69, 9.17) is 0 Å². The summed E-state index contributed by atoms with van der Waals surface area (Å²) < 4.78 is 29.5. The highest BCUT2D eigenvalue weighted by atomic mass is 32.2. The van der Waals surface area contributed by atoms with E-state index in [0.717, 1.165) is 28.4 Å². The van der Waals surface area contributed by atoms with Crippen molar-refractivity contribution in [2.45, 2.75) is 23.3 Å². The normalized spacial score (nSPS) is 21.3. The Labute approximate surface area is 194 Å². The van der Waals surface area contributed by atoms with Crippen LogP contribution in [0, 0.1) is 5.92 Å². The summed E-state index contributed by atoms with van der Waals surface area (Å²) in [5.74, 6) is 0.558. The number of sulfonamides is 1. The molecule has 0 fully saturated rings. The zero-order valence-corrected chi connectivity index (χ0v) is 18.8. The van der Waals surface area contributed by atoms with Crippen LogP contribution in [0.15, 0.2) is 108 Å². The summed E-state index contributed by atoms with van der Waals surface area (Å²) >= 11 is 0. The lowest BCUT2D eigenvalue weighted by Gasteiger charge is -2.37. The van der Waals surface area contributed by atoms with Gasteiger partial charge in [-0.2, -0.15) is 0 Å². The first-order valence-corrected chi connectivity index (χ1v) is 12.7. The van der Waals surface area contributed by atoms with Gasteiger partial charge in [-0.15, -0.1) is 0 Å². The highest BCUT2D eigenvalue weighted by molar-refractivity contribution is 7.92. The standard InChI is InChI=1S/C28H24N2O2S/c31-33(32,30-27-15-6-11-19-8-4-5-12-22(19)27)21-16-17-26-25(18-21)23-13-7-14-24(23)28(29-26)20-9-2-1-3-10-20/h1-13,15-18,23-24,28-30H,14H2. The van der Waals surface area contributed by atoms with E-state index in [9.17, 15) is 8.42 Å². The van der Waals surface area contributed by atoms with Crippen molar-refractivity contribution >= 4 is 32.2 Å². The van der Waals surface area contributed by atoms with E-state index in [1.165, 1.54) is 5.56 Å². The zero-order valence-electron chi connectivity index (χ0n) is 18.0. The van der Waals surface area contributed by atoms with Crippen LogP contribution in [0.5, 0.6) is 0 Å². The average Bonchev–Trinajstić information content (AvgIpc) is 3.34. The molecular formula is C28H24N2O2S. The summed E-state index contributed by atoms with van der Waals surface area (Å²) in [6, 6.07) is 29.6. The largest absolute Gasteiger partial charge is 0.378 e. The molecule has 2 N–H and O–H groups in total. The van der Waals surface area contributed by atoms with Crippen LogP contribution in [-0.4, -0.2) is 8.42 Å². The van der Waals surface area contributed by atoms with Gasteiger partial charge in [0.2, 0.25) is 0 Å². The molecule has 0 spiro atoms. The predicted molar refractivity (Wildman–Crippen MR) is 134 cm³/mol. The Hall–Kier alpha value is -3.57. The van der Waals surface area contributed by atoms with Gasteiger partial charge in [-0.1, -0.05) is 78.9 Å². The lowest BCUT2D eigenvalue weighted by Crippen LogP contribution is -2.29. The zero-order chi connectivity index (χ0) is 22.4. The van der Waals surface area contributed by atoms with Crippen molar-refractivity contribution in [3.05, 3.63) is 114 Å². The first kappa shape index (κ1) is 20.1. The molecule has 4 aromatic carbocycles. The quantitative estimate of drug-likeness (QED) is 0.349. The molecule has 0 bridgehead atoms. The Morgan fingerprint density at radius 2 is 1.64 bits per heavy atom. The number of rotatable bonds is 4. The van der Waals surface area contributed by atoms with Crippen LogP contribution >= 0.6 is 0 Å². The van der Waals surface area contributed by atoms with Gasteiger partial charge in [0.15, 0.2) is 0 Å². The third-order valence-corrected chi connectivity index (χ3v) is 8.20. The molecule has 4 aromatic rings. The van der Waals surface area contributed by atoms with Crippen molar-refractivity contribution in [2.75, 3.05) is 10.0 Å². The molecule has 1 aliphatic carbocycles. The summed E-state index contributed by atoms with van der Waals surface area (Å²) in [5.41, 5.74) is 3.89. The van der Waals surface area contributed by atoms with Gasteiger partial charge in [-0.05, 0) is 53.1 Å². The second-order valence-electron chi connectivity index (χ2n) is 8.77. The van der Waals surface area contributed by atoms with Gasteiger partial charge in [0, 0.05) is 17.0 Å². The fraction of sp³-hybridized carbons (Fsp3) is 0.143. The fourth-order valence-electron chi connectivity index (χ4n) is 5.25. The lowest BCUT2D eigenvalue weighted by molar-refractivity contribution is 0.425. The van der Waals surface area contributed by atoms with Gasteiger partial charge in [-0.3, -0.25) is 4.72 Å². The van der Waals surface area contributed by atoms with Crippen LogP contribution in [0.4, 0.5) is 11.4 Å². The topological polar surface area (TPSA) is 58.2 Å². The minimum atomic E-state index is -3.73. The number of anilines is 2. The maximum atomic E-state index is 13.4. The monoisotopic (exact) mass is 452 g/mol. The number of hydrogen-bond donors (Lipinski definition) is 2. The molecule has 1 aliphatic heterocycles. The van der Waals surface area contributed by atoms with Crippen LogP contribution in [0.3, 0.4) is 0 Å². The minimum absolute atomic E-state index is 0.194. The average molecular weight is 453 g/mol. The van der Waals surface area contributed by atoms with Crippen molar-refractivity contribution < 1.29 is 8.42 Å². The molecule has 33 heavy (non-hydrogen) atoms. The van der Waals surface area contributed by atoms with E-state index in [-0.39, 0.29) is 16.9 Å². The lowest BCUT2D eigenvalue weighted by atomic mass is 9.77. The van der Waals surface area contributed by atoms with Gasteiger partial charge in [-0.25, -0.2) is 8.42 Å². The summed E-state index contributed by atoms with van der Waals surface area (Å²) in [6.07, 6.45) is 5.42. The first-order valence-electron chi connectivity index (χ1n) is 11.2. The molecule has 3 atom stereocenters. The van der Waals surface area contributed by atoms with Crippen LogP contribution in [0.2, 0.25) is 0 Å². The van der Waals surface area contributed by atoms with Crippen molar-refractivity contribution in [3.63, 3.8) is 0 Å². The van der Waals surface area contributed by atoms with Crippen molar-refractivity contribution in [3.8, 4) is 0 Å². The SMILES string of the molecule is O=S(=O)(Nc1cccc2ccccc12)c1ccc2c(c1)C1C=CCC1C(c1ccccc1)N2. The second-order valence-corrected chi connectivity index (χ2v) is 10.4. The van der Waals surface area contributed by atoms with Crippen LogP contribution in [0.25, 0.3) is 10.8 Å². The summed E-state index contributed by atoms with van der Waals surface area (Å²) in [4.78, 5) is 0.285. The van der Waals surface area contributed by atoms with Crippen molar-refractivity contribution in [1.82, 2.24) is 0 Å². The Kier molecular flexibility index (Phi) is 4.73. The molecule has 3 unspecified atom stereocenters. The van der Waals surface area contributed by atoms with Gasteiger partial charge in [0.1, 0.15) is 0 Å². The second kappa shape index (κ2) is 7.78. The molecule has 164 valence electrons. The Morgan fingerprint density at radius 3 is 2.52 bits per heavy atom. The maximum absolute atomic E-state index is 13.4. The minimum Gasteiger partial charge on any atom is -0.378 e. The highest BCUT2D eigenvalue weighted by Crippen LogP contribution is 2.50. The van der Waals surface area contributed by atoms with Gasteiger partial charge < -0.3 is 5.32 Å². The Bertz CT molecular complexity index is 1470. The van der Waals surface area contributed by atoms with Gasteiger partial charge >= 0.3 is 0 Å². The summed E-state index contributed by atoms with van der Waals surface area (Å²) in [6.45, 7) is 0. The van der Waals surface area contributed by atoms with E-state index in [1.807, 2.05) is 54.6 Å². The van der Waals surface area contributed by atoms with E-state index < -0.39 is 10.0 Å². The smallest absolute Gasteiger partial charge is 0.261 e. The fourth-order valence-corrected chi connectivity index (χ4v) is 6.36. The molecule has 0 radical (unpaired) electrons. The highest BCUT2D eigenvalue weighted by Gasteiger charge is 2.38. The first-order chi connectivity index (χ1) is 16.1. The number of hydrogen-bond acceptors (Lipinski definition) is 3. The van der Waals surface area contributed by atoms with Crippen molar-refractivity contribution in [1.29, 1.82) is 0 Å². The van der Waals surface area contributed by atoms with Gasteiger partial charge in [0.05, 0.1) is 16.6 Å². The van der Waals surface area contributed by atoms with E-state index >= 15 is 0 Å². The number of nitrogens with one attached hydrogen (secondary N) is 2. The molecule has 0 saturated heterocycles. The molecule has 4 nitrogen and oxygen atoms in total. The van der Waals surface area contributed by atoms with Gasteiger partial charge in [0.25, 0.3) is 10.0 Å². The summed E-state index contributed by atoms with van der Waals surface area (Å²) in [5, 5.41) is 5.56. The molecule has 0 amide bonds. The van der Waals surface area contributed by atoms with Crippen molar-refractivity contribution in [2.24, 2.45) is 5.92 Å². The molecular weight excluding hydrogens is 428 g/mol. The Balaban J connectivity index is 1.37. The van der Waals surface area contributed by atoms with E-state index in [2.05, 4.69) is 46.5 Å². The summed E-state index contributed by atoms with van der Waals surface area (Å²) in [7, 11) is -3.73. The molecule has 2 aliphatic rings. The Morgan fingerprint density at radius 1 is 0.848 bits per heavy atom. The van der Waals surface area contributed by atoms with Crippen LogP contribution in [-0.2, 0) is 10.0 Å². The van der Waals surface area contributed by atoms with Crippen LogP contribution in [0.1, 0.15) is 29.5 Å². The predicted octanol–water partition coefficient (Wildman–Crippen LogP) is 6.47. The third kappa shape index (κ3) is 3.49. The van der Waals surface area contributed by atoms with E-state index in [1.54, 1.807) is 12.1 Å². The molecule has 0 saturated carbocycles.